The van der Waals surface area contributed by atoms with Gasteiger partial charge in [0.05, 0.1) is 5.52 Å². The molecule has 0 aliphatic heterocycles. The van der Waals surface area contributed by atoms with E-state index in [1.165, 1.54) is 5.69 Å². The Kier molecular flexibility index (Phi) is 3.57. The van der Waals surface area contributed by atoms with Gasteiger partial charge in [0.15, 0.2) is 0 Å². The molecule has 0 saturated carbocycles. The van der Waals surface area contributed by atoms with Crippen LogP contribution in [0.15, 0.2) is 60.8 Å². The van der Waals surface area contributed by atoms with Crippen molar-refractivity contribution in [3.8, 4) is 11.8 Å². The Morgan fingerprint density at radius 2 is 1.57 bits per heavy atom. The van der Waals surface area contributed by atoms with Crippen LogP contribution in [0, 0.1) is 11.8 Å². The number of nitrogens with zero attached hydrogens (tertiary/aromatic N) is 2. The Morgan fingerprint density at radius 3 is 2.33 bits per heavy atom. The number of benzene rings is 2. The summed E-state index contributed by atoms with van der Waals surface area (Å²) in [5.74, 6) is 6.41. The van der Waals surface area contributed by atoms with Crippen molar-refractivity contribution in [2.24, 2.45) is 0 Å². The standard InChI is InChI=1S/C19H16N2/c1-21(2)18-10-7-15(8-11-18)5-6-16-9-12-19-17(14-16)4-3-13-20-19/h3-4,7-14H,1-2H3. The van der Waals surface area contributed by atoms with Gasteiger partial charge in [-0.1, -0.05) is 17.9 Å². The van der Waals surface area contributed by atoms with Gasteiger partial charge in [-0.3, -0.25) is 4.98 Å². The summed E-state index contributed by atoms with van der Waals surface area (Å²) in [4.78, 5) is 6.39. The highest BCUT2D eigenvalue weighted by Gasteiger charge is 1.95. The number of hydrogen-bond acceptors (Lipinski definition) is 2. The van der Waals surface area contributed by atoms with E-state index >= 15 is 0 Å². The number of hydrogen-bond donors (Lipinski definition) is 0. The van der Waals surface area contributed by atoms with Gasteiger partial charge in [-0.15, -0.1) is 0 Å². The zero-order chi connectivity index (χ0) is 14.7. The number of fused-ring (bicyclic) bond motifs is 1. The first kappa shape index (κ1) is 13.2. The predicted molar refractivity (Wildman–Crippen MR) is 88.5 cm³/mol. The monoisotopic (exact) mass is 272 g/mol. The molecule has 0 amide bonds. The second-order valence-electron chi connectivity index (χ2n) is 5.10. The normalized spacial score (nSPS) is 10.0. The molecule has 102 valence electrons. The Balaban J connectivity index is 1.88. The highest BCUT2D eigenvalue weighted by molar-refractivity contribution is 5.79. The molecule has 0 aliphatic carbocycles. The van der Waals surface area contributed by atoms with E-state index in [2.05, 4.69) is 46.0 Å². The van der Waals surface area contributed by atoms with Crippen LogP contribution >= 0.6 is 0 Å². The lowest BCUT2D eigenvalue weighted by atomic mass is 10.1. The first-order chi connectivity index (χ1) is 10.2. The minimum atomic E-state index is 0.999. The molecule has 0 bridgehead atoms. The SMILES string of the molecule is CN(C)c1ccc(C#Cc2ccc3ncccc3c2)cc1. The predicted octanol–water partition coefficient (Wildman–Crippen LogP) is 3.70. The summed E-state index contributed by atoms with van der Waals surface area (Å²) in [5, 5.41) is 1.12. The smallest absolute Gasteiger partial charge is 0.0702 e. The van der Waals surface area contributed by atoms with E-state index < -0.39 is 0 Å². The molecule has 0 unspecified atom stereocenters. The van der Waals surface area contributed by atoms with Crippen molar-refractivity contribution in [2.75, 3.05) is 19.0 Å². The fraction of sp³-hybridized carbons (Fsp3) is 0.105. The van der Waals surface area contributed by atoms with Crippen LogP contribution in [-0.4, -0.2) is 19.1 Å². The fourth-order valence-electron chi connectivity index (χ4n) is 2.14. The summed E-state index contributed by atoms with van der Waals surface area (Å²) in [6.45, 7) is 0. The third-order valence-electron chi connectivity index (χ3n) is 3.34. The van der Waals surface area contributed by atoms with Gasteiger partial charge >= 0.3 is 0 Å². The highest BCUT2D eigenvalue weighted by atomic mass is 15.1. The summed E-state index contributed by atoms with van der Waals surface area (Å²) in [7, 11) is 4.06. The second kappa shape index (κ2) is 5.68. The molecule has 2 nitrogen and oxygen atoms in total. The maximum atomic E-state index is 4.31. The zero-order valence-electron chi connectivity index (χ0n) is 12.2. The van der Waals surface area contributed by atoms with Crippen molar-refractivity contribution < 1.29 is 0 Å². The van der Waals surface area contributed by atoms with Crippen LogP contribution in [0.25, 0.3) is 10.9 Å². The molecule has 3 aromatic rings. The maximum Gasteiger partial charge on any atom is 0.0702 e. The minimum Gasteiger partial charge on any atom is -0.378 e. The minimum absolute atomic E-state index is 0.999. The first-order valence-corrected chi connectivity index (χ1v) is 6.86. The van der Waals surface area contributed by atoms with Gasteiger partial charge in [0.2, 0.25) is 0 Å². The molecule has 1 heterocycles. The van der Waals surface area contributed by atoms with E-state index in [1.807, 2.05) is 44.4 Å². The van der Waals surface area contributed by atoms with Crippen LogP contribution in [0.3, 0.4) is 0 Å². The van der Waals surface area contributed by atoms with Crippen LogP contribution in [0.5, 0.6) is 0 Å². The molecule has 3 rings (SSSR count). The summed E-state index contributed by atoms with van der Waals surface area (Å²) in [6, 6.07) is 18.3. The van der Waals surface area contributed by atoms with E-state index in [0.717, 1.165) is 22.0 Å². The molecule has 1 aromatic heterocycles. The first-order valence-electron chi connectivity index (χ1n) is 6.86. The van der Waals surface area contributed by atoms with Gasteiger partial charge < -0.3 is 4.90 Å². The van der Waals surface area contributed by atoms with E-state index in [4.69, 9.17) is 0 Å². The molecule has 0 radical (unpaired) electrons. The Bertz CT molecular complexity index is 821. The van der Waals surface area contributed by atoms with E-state index in [9.17, 15) is 0 Å². The van der Waals surface area contributed by atoms with Crippen molar-refractivity contribution in [1.82, 2.24) is 4.98 Å². The lowest BCUT2D eigenvalue weighted by molar-refractivity contribution is 1.13. The van der Waals surface area contributed by atoms with Gasteiger partial charge in [0, 0.05) is 42.5 Å². The van der Waals surface area contributed by atoms with Crippen LogP contribution in [0.1, 0.15) is 11.1 Å². The van der Waals surface area contributed by atoms with E-state index in [1.54, 1.807) is 6.20 Å². The lowest BCUT2D eigenvalue weighted by Gasteiger charge is -2.11. The van der Waals surface area contributed by atoms with Gasteiger partial charge in [0.25, 0.3) is 0 Å². The number of rotatable bonds is 1. The third-order valence-corrected chi connectivity index (χ3v) is 3.34. The van der Waals surface area contributed by atoms with Gasteiger partial charge in [0.1, 0.15) is 0 Å². The summed E-state index contributed by atoms with van der Waals surface area (Å²) < 4.78 is 0. The van der Waals surface area contributed by atoms with Crippen LogP contribution < -0.4 is 4.90 Å². The van der Waals surface area contributed by atoms with Gasteiger partial charge in [-0.2, -0.15) is 0 Å². The average Bonchev–Trinajstić information content (AvgIpc) is 2.53. The van der Waals surface area contributed by atoms with Crippen molar-refractivity contribution >= 4 is 16.6 Å². The molecule has 0 N–H and O–H groups in total. The highest BCUT2D eigenvalue weighted by Crippen LogP contribution is 2.14. The molecular weight excluding hydrogens is 256 g/mol. The Morgan fingerprint density at radius 1 is 0.857 bits per heavy atom. The topological polar surface area (TPSA) is 16.1 Å². The lowest BCUT2D eigenvalue weighted by Crippen LogP contribution is -2.07. The molecule has 0 saturated heterocycles. The third kappa shape index (κ3) is 3.04. The van der Waals surface area contributed by atoms with Gasteiger partial charge in [-0.25, -0.2) is 0 Å². The van der Waals surface area contributed by atoms with Gasteiger partial charge in [-0.05, 0) is 48.5 Å². The molecule has 2 heteroatoms. The van der Waals surface area contributed by atoms with Crippen molar-refractivity contribution in [3.63, 3.8) is 0 Å². The Labute approximate surface area is 125 Å². The number of anilines is 1. The number of pyridine rings is 1. The van der Waals surface area contributed by atoms with Crippen molar-refractivity contribution in [1.29, 1.82) is 0 Å². The van der Waals surface area contributed by atoms with E-state index in [-0.39, 0.29) is 0 Å². The average molecular weight is 272 g/mol. The second-order valence-corrected chi connectivity index (χ2v) is 5.10. The van der Waals surface area contributed by atoms with Crippen molar-refractivity contribution in [2.45, 2.75) is 0 Å². The zero-order valence-corrected chi connectivity index (χ0v) is 12.2. The molecule has 0 fully saturated rings. The fourth-order valence-corrected chi connectivity index (χ4v) is 2.14. The Hall–Kier alpha value is -2.79. The summed E-state index contributed by atoms with van der Waals surface area (Å²) in [5.41, 5.74) is 4.20. The summed E-state index contributed by atoms with van der Waals surface area (Å²) in [6.07, 6.45) is 1.81. The molecule has 2 aromatic carbocycles. The molecular formula is C19H16N2. The molecule has 0 atom stereocenters. The van der Waals surface area contributed by atoms with Crippen LogP contribution in [0.2, 0.25) is 0 Å². The molecule has 0 spiro atoms. The molecule has 21 heavy (non-hydrogen) atoms. The van der Waals surface area contributed by atoms with Crippen LogP contribution in [-0.2, 0) is 0 Å². The van der Waals surface area contributed by atoms with Crippen molar-refractivity contribution in [3.05, 3.63) is 71.9 Å². The number of aromatic nitrogens is 1. The molecule has 0 aliphatic rings. The quantitative estimate of drug-likeness (QED) is 0.628. The van der Waals surface area contributed by atoms with Crippen LogP contribution in [0.4, 0.5) is 5.69 Å². The van der Waals surface area contributed by atoms with E-state index in [0.29, 0.717) is 0 Å². The summed E-state index contributed by atoms with van der Waals surface area (Å²) >= 11 is 0. The largest absolute Gasteiger partial charge is 0.378 e. The maximum absolute atomic E-state index is 4.31.